The molecule has 0 radical (unpaired) electrons. The maximum absolute atomic E-state index is 13.2. The maximum Gasteiger partial charge on any atom is 0.164 e. The zero-order chi connectivity index (χ0) is 9.80. The number of rotatable bonds is 2. The predicted molar refractivity (Wildman–Crippen MR) is 54.7 cm³/mol. The molecule has 3 heteroatoms. The summed E-state index contributed by atoms with van der Waals surface area (Å²) in [6.45, 7) is 0. The molecule has 1 aromatic rings. The molecule has 0 amide bonds. The Morgan fingerprint density at radius 1 is 1.29 bits per heavy atom. The van der Waals surface area contributed by atoms with Gasteiger partial charge in [-0.15, -0.1) is 0 Å². The highest BCUT2D eigenvalue weighted by molar-refractivity contribution is 5.43. The molecule has 1 aliphatic rings. The zero-order valence-corrected chi connectivity index (χ0v) is 8.17. The van der Waals surface area contributed by atoms with E-state index < -0.39 is 0 Å². The summed E-state index contributed by atoms with van der Waals surface area (Å²) in [5, 5.41) is 3.23. The average molecular weight is 194 g/mol. The summed E-state index contributed by atoms with van der Waals surface area (Å²) < 4.78 is 13.2. The third-order valence-electron chi connectivity index (χ3n) is 2.74. The minimum absolute atomic E-state index is 0.252. The van der Waals surface area contributed by atoms with Crippen LogP contribution in [-0.4, -0.2) is 11.0 Å². The van der Waals surface area contributed by atoms with E-state index in [-0.39, 0.29) is 5.82 Å². The van der Waals surface area contributed by atoms with Gasteiger partial charge in [-0.2, -0.15) is 0 Å². The summed E-state index contributed by atoms with van der Waals surface area (Å²) in [4.78, 5) is 3.72. The van der Waals surface area contributed by atoms with Crippen molar-refractivity contribution in [2.24, 2.45) is 0 Å². The number of nitrogens with zero attached hydrogens (tertiary/aromatic N) is 1. The Labute approximate surface area is 83.6 Å². The summed E-state index contributed by atoms with van der Waals surface area (Å²) in [5.41, 5.74) is 0.590. The molecule has 14 heavy (non-hydrogen) atoms. The van der Waals surface area contributed by atoms with Crippen molar-refractivity contribution in [3.05, 3.63) is 24.3 Å². The minimum Gasteiger partial charge on any atom is -0.380 e. The molecule has 0 saturated heterocycles. The van der Waals surface area contributed by atoms with E-state index in [0.29, 0.717) is 11.7 Å². The molecule has 0 aliphatic heterocycles. The second kappa shape index (κ2) is 4.40. The van der Waals surface area contributed by atoms with Crippen LogP contribution in [0, 0.1) is 5.82 Å². The molecule has 1 saturated carbocycles. The molecule has 1 N–H and O–H groups in total. The fourth-order valence-electron chi connectivity index (χ4n) is 1.96. The monoisotopic (exact) mass is 194 g/mol. The van der Waals surface area contributed by atoms with Gasteiger partial charge < -0.3 is 5.32 Å². The molecular formula is C11H15FN2. The van der Waals surface area contributed by atoms with Gasteiger partial charge in [0.15, 0.2) is 5.82 Å². The van der Waals surface area contributed by atoms with E-state index in [4.69, 9.17) is 0 Å². The summed E-state index contributed by atoms with van der Waals surface area (Å²) in [6.07, 6.45) is 9.01. The molecule has 1 aromatic heterocycles. The van der Waals surface area contributed by atoms with Gasteiger partial charge in [-0.1, -0.05) is 19.3 Å². The van der Waals surface area contributed by atoms with Crippen molar-refractivity contribution in [3.8, 4) is 0 Å². The van der Waals surface area contributed by atoms with Gasteiger partial charge in [0.1, 0.15) is 0 Å². The van der Waals surface area contributed by atoms with Crippen molar-refractivity contribution in [2.45, 2.75) is 38.1 Å². The van der Waals surface area contributed by atoms with Gasteiger partial charge in [0.25, 0.3) is 0 Å². The second-order valence-corrected chi connectivity index (χ2v) is 3.83. The van der Waals surface area contributed by atoms with Crippen LogP contribution in [0.15, 0.2) is 18.5 Å². The Balaban J connectivity index is 1.99. The van der Waals surface area contributed by atoms with E-state index in [1.165, 1.54) is 25.5 Å². The van der Waals surface area contributed by atoms with Crippen LogP contribution in [-0.2, 0) is 0 Å². The van der Waals surface area contributed by atoms with E-state index in [0.717, 1.165) is 12.8 Å². The largest absolute Gasteiger partial charge is 0.380 e. The molecule has 0 spiro atoms. The van der Waals surface area contributed by atoms with Crippen LogP contribution in [0.25, 0.3) is 0 Å². The van der Waals surface area contributed by atoms with Crippen LogP contribution in [0.4, 0.5) is 10.1 Å². The zero-order valence-electron chi connectivity index (χ0n) is 8.17. The van der Waals surface area contributed by atoms with Crippen molar-refractivity contribution in [1.82, 2.24) is 4.98 Å². The minimum atomic E-state index is -0.252. The lowest BCUT2D eigenvalue weighted by molar-refractivity contribution is 0.460. The van der Waals surface area contributed by atoms with Crippen LogP contribution in [0.5, 0.6) is 0 Å². The quantitative estimate of drug-likeness (QED) is 0.782. The number of hydrogen-bond acceptors (Lipinski definition) is 2. The highest BCUT2D eigenvalue weighted by atomic mass is 19.1. The molecule has 0 atom stereocenters. The smallest absolute Gasteiger partial charge is 0.164 e. The summed E-state index contributed by atoms with van der Waals surface area (Å²) in [6, 6.07) is 2.14. The average Bonchev–Trinajstić information content (AvgIpc) is 2.23. The molecule has 0 unspecified atom stereocenters. The standard InChI is InChI=1S/C11H15FN2/c12-10-8-13-7-6-11(10)14-9-4-2-1-3-5-9/h6-9H,1-5H2,(H,13,14). The van der Waals surface area contributed by atoms with Gasteiger partial charge in [0, 0.05) is 12.2 Å². The van der Waals surface area contributed by atoms with Gasteiger partial charge in [0.05, 0.1) is 11.9 Å². The first-order chi connectivity index (χ1) is 6.86. The molecule has 1 fully saturated rings. The molecule has 2 rings (SSSR count). The third-order valence-corrected chi connectivity index (χ3v) is 2.74. The Bertz CT molecular complexity index is 295. The fraction of sp³-hybridized carbons (Fsp3) is 0.545. The highest BCUT2D eigenvalue weighted by Gasteiger charge is 2.14. The number of aromatic nitrogens is 1. The second-order valence-electron chi connectivity index (χ2n) is 3.83. The van der Waals surface area contributed by atoms with Crippen molar-refractivity contribution in [1.29, 1.82) is 0 Å². The van der Waals surface area contributed by atoms with Crippen molar-refractivity contribution in [3.63, 3.8) is 0 Å². The Morgan fingerprint density at radius 2 is 2.07 bits per heavy atom. The number of pyridine rings is 1. The Hall–Kier alpha value is -1.12. The Kier molecular flexibility index (Phi) is 2.96. The lowest BCUT2D eigenvalue weighted by atomic mass is 9.95. The van der Waals surface area contributed by atoms with Gasteiger partial charge in [-0.25, -0.2) is 4.39 Å². The van der Waals surface area contributed by atoms with Crippen LogP contribution >= 0.6 is 0 Å². The van der Waals surface area contributed by atoms with Crippen LogP contribution in [0.3, 0.4) is 0 Å². The van der Waals surface area contributed by atoms with Gasteiger partial charge in [-0.05, 0) is 18.9 Å². The van der Waals surface area contributed by atoms with Crippen molar-refractivity contribution >= 4 is 5.69 Å². The fourth-order valence-corrected chi connectivity index (χ4v) is 1.96. The highest BCUT2D eigenvalue weighted by Crippen LogP contribution is 2.22. The van der Waals surface area contributed by atoms with Gasteiger partial charge in [-0.3, -0.25) is 4.98 Å². The van der Waals surface area contributed by atoms with Crippen molar-refractivity contribution in [2.75, 3.05) is 5.32 Å². The molecule has 1 heterocycles. The first-order valence-electron chi connectivity index (χ1n) is 5.22. The maximum atomic E-state index is 13.2. The summed E-state index contributed by atoms with van der Waals surface area (Å²) in [5.74, 6) is -0.252. The number of nitrogens with one attached hydrogen (secondary N) is 1. The van der Waals surface area contributed by atoms with Crippen LogP contribution < -0.4 is 5.32 Å². The first-order valence-corrected chi connectivity index (χ1v) is 5.22. The Morgan fingerprint density at radius 3 is 2.79 bits per heavy atom. The predicted octanol–water partition coefficient (Wildman–Crippen LogP) is 2.97. The van der Waals surface area contributed by atoms with E-state index in [1.807, 2.05) is 0 Å². The lowest BCUT2D eigenvalue weighted by Gasteiger charge is -2.23. The van der Waals surface area contributed by atoms with Crippen LogP contribution in [0.1, 0.15) is 32.1 Å². The third kappa shape index (κ3) is 2.22. The molecule has 2 nitrogen and oxygen atoms in total. The lowest BCUT2D eigenvalue weighted by Crippen LogP contribution is -2.22. The first kappa shape index (κ1) is 9.44. The van der Waals surface area contributed by atoms with E-state index in [1.54, 1.807) is 12.3 Å². The molecule has 1 aliphatic carbocycles. The van der Waals surface area contributed by atoms with E-state index in [9.17, 15) is 4.39 Å². The molecule has 0 bridgehead atoms. The normalized spacial score (nSPS) is 18.1. The summed E-state index contributed by atoms with van der Waals surface area (Å²) in [7, 11) is 0. The molecular weight excluding hydrogens is 179 g/mol. The molecule has 76 valence electrons. The van der Waals surface area contributed by atoms with Gasteiger partial charge in [0.2, 0.25) is 0 Å². The topological polar surface area (TPSA) is 24.9 Å². The van der Waals surface area contributed by atoms with Crippen molar-refractivity contribution < 1.29 is 4.39 Å². The number of hydrogen-bond donors (Lipinski definition) is 1. The van der Waals surface area contributed by atoms with Gasteiger partial charge >= 0.3 is 0 Å². The molecule has 0 aromatic carbocycles. The SMILES string of the molecule is Fc1cnccc1NC1CCCCC1. The van der Waals surface area contributed by atoms with E-state index >= 15 is 0 Å². The number of halogens is 1. The number of anilines is 1. The summed E-state index contributed by atoms with van der Waals surface area (Å²) >= 11 is 0. The van der Waals surface area contributed by atoms with E-state index in [2.05, 4.69) is 10.3 Å². The van der Waals surface area contributed by atoms with Crippen LogP contribution in [0.2, 0.25) is 0 Å².